The highest BCUT2D eigenvalue weighted by molar-refractivity contribution is 7.47. The van der Waals surface area contributed by atoms with Gasteiger partial charge in [-0.1, -0.05) is 71.6 Å². The van der Waals surface area contributed by atoms with E-state index in [1.165, 1.54) is 44.9 Å². The lowest BCUT2D eigenvalue weighted by Gasteiger charge is -2.15. The third-order valence-corrected chi connectivity index (χ3v) is 5.98. The van der Waals surface area contributed by atoms with Crippen LogP contribution in [0.25, 0.3) is 0 Å². The van der Waals surface area contributed by atoms with Gasteiger partial charge in [0.05, 0.1) is 13.2 Å². The summed E-state index contributed by atoms with van der Waals surface area (Å²) in [7, 11) is -2.53. The van der Waals surface area contributed by atoms with Gasteiger partial charge in [0.25, 0.3) is 0 Å². The molecule has 3 atom stereocenters. The highest BCUT2D eigenvalue weighted by atomic mass is 31.2. The number of nitrogens with one attached hydrogen (secondary N) is 1. The number of likely N-dealkylation sites (N-methyl/N-ethyl adjacent to an activating group) is 1. The minimum absolute atomic E-state index is 0.00753. The van der Waals surface area contributed by atoms with Crippen molar-refractivity contribution in [3.05, 3.63) is 0 Å². The molecule has 0 fully saturated rings. The number of phosphoric ester groups is 1. The van der Waals surface area contributed by atoms with E-state index in [0.29, 0.717) is 13.0 Å². The number of ether oxygens (including phenoxy) is 1. The Balaban J connectivity index is 3.55. The standard InChI is InChI=1S/C21H44NO7P/c1-4-19(2)13-11-9-7-5-6-8-10-12-14-21(24)27-17-20(23)18-29-30(25,26)28-16-15-22-3/h19-20,22-23H,4-18H2,1-3H3,(H,25,26). The molecule has 0 saturated heterocycles. The topological polar surface area (TPSA) is 114 Å². The number of phosphoric acid groups is 1. The Bertz CT molecular complexity index is 465. The van der Waals surface area contributed by atoms with Gasteiger partial charge >= 0.3 is 13.8 Å². The quantitative estimate of drug-likeness (QED) is 0.135. The molecular weight excluding hydrogens is 409 g/mol. The maximum Gasteiger partial charge on any atom is 0.472 e. The number of hydrogen-bond acceptors (Lipinski definition) is 7. The molecule has 0 aromatic heterocycles. The lowest BCUT2D eigenvalue weighted by atomic mass is 9.99. The normalized spacial score (nSPS) is 15.5. The van der Waals surface area contributed by atoms with Crippen molar-refractivity contribution in [1.29, 1.82) is 0 Å². The van der Waals surface area contributed by atoms with E-state index in [1.807, 2.05) is 0 Å². The number of hydrogen-bond donors (Lipinski definition) is 3. The molecule has 0 aliphatic carbocycles. The number of aliphatic hydroxyl groups is 1. The van der Waals surface area contributed by atoms with Crippen LogP contribution in [0.15, 0.2) is 0 Å². The molecule has 3 N–H and O–H groups in total. The number of carbonyl (C=O) groups is 1. The largest absolute Gasteiger partial charge is 0.472 e. The second kappa shape index (κ2) is 19.2. The van der Waals surface area contributed by atoms with E-state index in [2.05, 4.69) is 28.2 Å². The fraction of sp³-hybridized carbons (Fsp3) is 0.952. The summed E-state index contributed by atoms with van der Waals surface area (Å²) < 4.78 is 25.9. The van der Waals surface area contributed by atoms with Gasteiger partial charge in [0.15, 0.2) is 0 Å². The summed E-state index contributed by atoms with van der Waals surface area (Å²) >= 11 is 0. The Hall–Kier alpha value is -0.500. The third-order valence-electron chi connectivity index (χ3n) is 5.00. The summed E-state index contributed by atoms with van der Waals surface area (Å²) in [5.74, 6) is 0.466. The van der Waals surface area contributed by atoms with Crippen molar-refractivity contribution in [2.24, 2.45) is 5.92 Å². The third kappa shape index (κ3) is 19.5. The average molecular weight is 454 g/mol. The average Bonchev–Trinajstić information content (AvgIpc) is 2.72. The Morgan fingerprint density at radius 1 is 1.00 bits per heavy atom. The first-order chi connectivity index (χ1) is 14.3. The molecule has 0 rings (SSSR count). The van der Waals surface area contributed by atoms with Crippen LogP contribution >= 0.6 is 7.82 Å². The predicted octanol–water partition coefficient (Wildman–Crippen LogP) is 4.19. The SMILES string of the molecule is CCC(C)CCCCCCCCCCC(=O)OCC(O)COP(=O)(O)OCCNC. The first kappa shape index (κ1) is 29.5. The molecular formula is C21H44NO7P. The second-order valence-corrected chi connectivity index (χ2v) is 9.37. The fourth-order valence-electron chi connectivity index (χ4n) is 2.82. The highest BCUT2D eigenvalue weighted by Gasteiger charge is 2.22. The van der Waals surface area contributed by atoms with Crippen molar-refractivity contribution in [3.63, 3.8) is 0 Å². The van der Waals surface area contributed by atoms with E-state index in [-0.39, 0.29) is 19.2 Å². The van der Waals surface area contributed by atoms with Gasteiger partial charge < -0.3 is 20.1 Å². The zero-order chi connectivity index (χ0) is 22.7. The zero-order valence-electron chi connectivity index (χ0n) is 19.1. The number of rotatable bonds is 21. The molecule has 3 unspecified atom stereocenters. The van der Waals surface area contributed by atoms with E-state index in [0.717, 1.165) is 25.2 Å². The van der Waals surface area contributed by atoms with Gasteiger partial charge in [0.1, 0.15) is 12.7 Å². The minimum atomic E-state index is -4.21. The van der Waals surface area contributed by atoms with Crippen molar-refractivity contribution in [2.45, 2.75) is 90.6 Å². The van der Waals surface area contributed by atoms with Crippen LogP contribution in [-0.2, 0) is 23.1 Å². The van der Waals surface area contributed by atoms with Crippen molar-refractivity contribution in [1.82, 2.24) is 5.32 Å². The molecule has 0 aliphatic heterocycles. The van der Waals surface area contributed by atoms with Crippen LogP contribution in [0, 0.1) is 5.92 Å². The summed E-state index contributed by atoms with van der Waals surface area (Å²) in [5, 5.41) is 12.5. The fourth-order valence-corrected chi connectivity index (χ4v) is 3.57. The van der Waals surface area contributed by atoms with Crippen LogP contribution in [0.2, 0.25) is 0 Å². The molecule has 0 bridgehead atoms. The summed E-state index contributed by atoms with van der Waals surface area (Å²) in [6.45, 7) is 4.25. The van der Waals surface area contributed by atoms with E-state index >= 15 is 0 Å². The summed E-state index contributed by atoms with van der Waals surface area (Å²) in [5.41, 5.74) is 0. The van der Waals surface area contributed by atoms with Gasteiger partial charge in [-0.2, -0.15) is 0 Å². The number of aliphatic hydroxyl groups excluding tert-OH is 1. The van der Waals surface area contributed by atoms with Crippen LogP contribution in [0.1, 0.15) is 84.5 Å². The van der Waals surface area contributed by atoms with Gasteiger partial charge in [0, 0.05) is 13.0 Å². The summed E-state index contributed by atoms with van der Waals surface area (Å²) in [6, 6.07) is 0. The lowest BCUT2D eigenvalue weighted by molar-refractivity contribution is -0.147. The van der Waals surface area contributed by atoms with Crippen molar-refractivity contribution in [3.8, 4) is 0 Å². The van der Waals surface area contributed by atoms with Crippen LogP contribution in [-0.4, -0.2) is 55.5 Å². The molecule has 30 heavy (non-hydrogen) atoms. The predicted molar refractivity (Wildman–Crippen MR) is 118 cm³/mol. The van der Waals surface area contributed by atoms with Crippen LogP contribution in [0.5, 0.6) is 0 Å². The Morgan fingerprint density at radius 3 is 2.20 bits per heavy atom. The van der Waals surface area contributed by atoms with Gasteiger partial charge in [-0.25, -0.2) is 4.57 Å². The van der Waals surface area contributed by atoms with Crippen molar-refractivity contribution >= 4 is 13.8 Å². The molecule has 0 radical (unpaired) electrons. The van der Waals surface area contributed by atoms with Gasteiger partial charge in [-0.3, -0.25) is 13.8 Å². The number of esters is 1. The van der Waals surface area contributed by atoms with Crippen LogP contribution in [0.4, 0.5) is 0 Å². The van der Waals surface area contributed by atoms with Crippen molar-refractivity contribution in [2.75, 3.05) is 33.4 Å². The van der Waals surface area contributed by atoms with Crippen molar-refractivity contribution < 1.29 is 33.1 Å². The van der Waals surface area contributed by atoms with E-state index in [4.69, 9.17) is 4.74 Å². The Kier molecular flexibility index (Phi) is 18.9. The molecule has 0 aromatic carbocycles. The number of carbonyl (C=O) groups excluding carboxylic acids is 1. The first-order valence-corrected chi connectivity index (χ1v) is 12.9. The molecule has 0 amide bonds. The molecule has 0 aromatic rings. The van der Waals surface area contributed by atoms with Gasteiger partial charge in [-0.15, -0.1) is 0 Å². The second-order valence-electron chi connectivity index (χ2n) is 7.92. The van der Waals surface area contributed by atoms with E-state index in [1.54, 1.807) is 7.05 Å². The maximum atomic E-state index is 11.7. The minimum Gasteiger partial charge on any atom is -0.463 e. The zero-order valence-corrected chi connectivity index (χ0v) is 20.0. The molecule has 0 saturated carbocycles. The lowest BCUT2D eigenvalue weighted by Crippen LogP contribution is -2.23. The Labute approximate surface area is 182 Å². The summed E-state index contributed by atoms with van der Waals surface area (Å²) in [6.07, 6.45) is 11.0. The molecule has 8 nitrogen and oxygen atoms in total. The molecule has 180 valence electrons. The van der Waals surface area contributed by atoms with Gasteiger partial charge in [-0.05, 0) is 19.4 Å². The molecule has 0 spiro atoms. The smallest absolute Gasteiger partial charge is 0.463 e. The van der Waals surface area contributed by atoms with E-state index < -0.39 is 20.5 Å². The first-order valence-electron chi connectivity index (χ1n) is 11.4. The van der Waals surface area contributed by atoms with E-state index in [9.17, 15) is 19.4 Å². The number of unbranched alkanes of at least 4 members (excludes halogenated alkanes) is 7. The monoisotopic (exact) mass is 453 g/mol. The molecule has 9 heteroatoms. The van der Waals surface area contributed by atoms with Gasteiger partial charge in [0.2, 0.25) is 0 Å². The summed E-state index contributed by atoms with van der Waals surface area (Å²) in [4.78, 5) is 21.1. The molecule has 0 aliphatic rings. The highest BCUT2D eigenvalue weighted by Crippen LogP contribution is 2.42. The maximum absolute atomic E-state index is 11.7. The van der Waals surface area contributed by atoms with Crippen LogP contribution < -0.4 is 5.32 Å². The van der Waals surface area contributed by atoms with Crippen LogP contribution in [0.3, 0.4) is 0 Å². The molecule has 0 heterocycles. The Morgan fingerprint density at radius 2 is 1.60 bits per heavy atom.